The molecule has 0 aliphatic carbocycles. The summed E-state index contributed by atoms with van der Waals surface area (Å²) in [5, 5.41) is 2.93. The van der Waals surface area contributed by atoms with Gasteiger partial charge in [-0.25, -0.2) is 0 Å². The van der Waals surface area contributed by atoms with E-state index >= 15 is 0 Å². The number of rotatable bonds is 9. The van der Waals surface area contributed by atoms with Crippen LogP contribution in [0.25, 0.3) is 0 Å². The molecular weight excluding hydrogens is 346 g/mol. The van der Waals surface area contributed by atoms with Gasteiger partial charge in [0.2, 0.25) is 5.91 Å². The fourth-order valence-corrected chi connectivity index (χ4v) is 3.33. The summed E-state index contributed by atoms with van der Waals surface area (Å²) in [6.45, 7) is 6.12. The van der Waals surface area contributed by atoms with Crippen molar-refractivity contribution in [2.24, 2.45) is 0 Å². The smallest absolute Gasteiger partial charge is 0.234 e. The third kappa shape index (κ3) is 5.92. The van der Waals surface area contributed by atoms with Crippen LogP contribution in [0.3, 0.4) is 0 Å². The van der Waals surface area contributed by atoms with Crippen LogP contribution in [0.4, 0.5) is 5.69 Å². The molecule has 0 atom stereocenters. The van der Waals surface area contributed by atoms with Gasteiger partial charge in [-0.05, 0) is 56.2 Å². The molecule has 2 aromatic carbocycles. The molecule has 0 aromatic heterocycles. The van der Waals surface area contributed by atoms with Gasteiger partial charge in [-0.15, -0.1) is 11.8 Å². The van der Waals surface area contributed by atoms with Gasteiger partial charge in [-0.2, -0.15) is 0 Å². The minimum Gasteiger partial charge on any atom is -0.494 e. The first-order valence-corrected chi connectivity index (χ1v) is 9.92. The number of ketones is 1. The normalized spacial score (nSPS) is 10.4. The number of hydrogen-bond acceptors (Lipinski definition) is 4. The summed E-state index contributed by atoms with van der Waals surface area (Å²) in [6, 6.07) is 13.3. The SMILES string of the molecule is CCOc1ccc(C(C)=O)cc1CSCC(=O)Nc1cccc(CC)c1. The Morgan fingerprint density at radius 1 is 1.12 bits per heavy atom. The van der Waals surface area contributed by atoms with Crippen LogP contribution in [0.5, 0.6) is 5.75 Å². The molecule has 26 heavy (non-hydrogen) atoms. The van der Waals surface area contributed by atoms with Crippen molar-refractivity contribution in [3.8, 4) is 5.75 Å². The predicted octanol–water partition coefficient (Wildman–Crippen LogP) is 4.72. The number of Topliss-reactive ketones (excluding diaryl/α,β-unsaturated/α-hetero) is 1. The van der Waals surface area contributed by atoms with Crippen LogP contribution in [0.15, 0.2) is 42.5 Å². The number of benzene rings is 2. The summed E-state index contributed by atoms with van der Waals surface area (Å²) in [5.41, 5.74) is 3.61. The Bertz CT molecular complexity index is 774. The summed E-state index contributed by atoms with van der Waals surface area (Å²) in [6.07, 6.45) is 0.936. The van der Waals surface area contributed by atoms with E-state index in [1.807, 2.05) is 43.3 Å². The van der Waals surface area contributed by atoms with E-state index in [1.54, 1.807) is 13.0 Å². The van der Waals surface area contributed by atoms with Crippen LogP contribution in [0.2, 0.25) is 0 Å². The van der Waals surface area contributed by atoms with Gasteiger partial charge in [-0.1, -0.05) is 19.1 Å². The Morgan fingerprint density at radius 2 is 1.92 bits per heavy atom. The highest BCUT2D eigenvalue weighted by Crippen LogP contribution is 2.25. The number of anilines is 1. The maximum Gasteiger partial charge on any atom is 0.234 e. The average molecular weight is 372 g/mol. The Hall–Kier alpha value is -2.27. The second kappa shape index (κ2) is 10.0. The molecule has 0 bridgehead atoms. The lowest BCUT2D eigenvalue weighted by Crippen LogP contribution is -2.14. The standard InChI is InChI=1S/C21H25NO3S/c1-4-16-7-6-8-19(11-16)22-21(24)14-26-13-18-12-17(15(3)23)9-10-20(18)25-5-2/h6-12H,4-5,13-14H2,1-3H3,(H,22,24). The van der Waals surface area contributed by atoms with Gasteiger partial charge in [0, 0.05) is 22.6 Å². The van der Waals surface area contributed by atoms with Crippen molar-refractivity contribution < 1.29 is 14.3 Å². The second-order valence-electron chi connectivity index (χ2n) is 5.91. The summed E-state index contributed by atoms with van der Waals surface area (Å²) < 4.78 is 5.63. The number of thioether (sulfide) groups is 1. The van der Waals surface area contributed by atoms with E-state index < -0.39 is 0 Å². The van der Waals surface area contributed by atoms with E-state index in [1.165, 1.54) is 17.3 Å². The van der Waals surface area contributed by atoms with Crippen LogP contribution in [-0.2, 0) is 17.0 Å². The molecule has 0 heterocycles. The third-order valence-corrected chi connectivity index (χ3v) is 4.86. The number of carbonyl (C=O) groups excluding carboxylic acids is 2. The molecule has 0 aliphatic heterocycles. The van der Waals surface area contributed by atoms with E-state index in [4.69, 9.17) is 4.74 Å². The minimum atomic E-state index is -0.0380. The van der Waals surface area contributed by atoms with Crippen molar-refractivity contribution >= 4 is 29.1 Å². The second-order valence-corrected chi connectivity index (χ2v) is 6.89. The number of aryl methyl sites for hydroxylation is 1. The monoisotopic (exact) mass is 371 g/mol. The largest absolute Gasteiger partial charge is 0.494 e. The summed E-state index contributed by atoms with van der Waals surface area (Å²) in [7, 11) is 0. The molecule has 0 spiro atoms. The molecule has 0 unspecified atom stereocenters. The van der Waals surface area contributed by atoms with Crippen LogP contribution in [0, 0.1) is 0 Å². The van der Waals surface area contributed by atoms with Crippen molar-refractivity contribution in [1.29, 1.82) is 0 Å². The summed E-state index contributed by atoms with van der Waals surface area (Å²) in [5.74, 6) is 1.70. The van der Waals surface area contributed by atoms with E-state index in [2.05, 4.69) is 12.2 Å². The van der Waals surface area contributed by atoms with Gasteiger partial charge in [-0.3, -0.25) is 9.59 Å². The highest BCUT2D eigenvalue weighted by Gasteiger charge is 2.10. The topological polar surface area (TPSA) is 55.4 Å². The Kier molecular flexibility index (Phi) is 7.73. The summed E-state index contributed by atoms with van der Waals surface area (Å²) >= 11 is 1.50. The molecule has 5 heteroatoms. The molecule has 0 aliphatic rings. The highest BCUT2D eigenvalue weighted by atomic mass is 32.2. The van der Waals surface area contributed by atoms with Gasteiger partial charge < -0.3 is 10.1 Å². The summed E-state index contributed by atoms with van der Waals surface area (Å²) in [4.78, 5) is 23.8. The minimum absolute atomic E-state index is 0.0212. The average Bonchev–Trinajstić information content (AvgIpc) is 2.63. The van der Waals surface area contributed by atoms with Gasteiger partial charge in [0.25, 0.3) is 0 Å². The molecule has 2 aromatic rings. The van der Waals surface area contributed by atoms with Crippen molar-refractivity contribution in [2.45, 2.75) is 32.9 Å². The van der Waals surface area contributed by atoms with Crippen LogP contribution in [0.1, 0.15) is 42.3 Å². The highest BCUT2D eigenvalue weighted by molar-refractivity contribution is 7.99. The molecule has 1 N–H and O–H groups in total. The molecule has 4 nitrogen and oxygen atoms in total. The van der Waals surface area contributed by atoms with Gasteiger partial charge >= 0.3 is 0 Å². The first-order valence-electron chi connectivity index (χ1n) is 8.76. The lowest BCUT2D eigenvalue weighted by molar-refractivity contribution is -0.113. The molecule has 0 fully saturated rings. The molecule has 0 saturated carbocycles. The van der Waals surface area contributed by atoms with Gasteiger partial charge in [0.05, 0.1) is 12.4 Å². The fourth-order valence-electron chi connectivity index (χ4n) is 2.53. The van der Waals surface area contributed by atoms with Gasteiger partial charge in [0.1, 0.15) is 5.75 Å². The number of nitrogens with one attached hydrogen (secondary N) is 1. The first kappa shape index (κ1) is 20.0. The molecule has 1 amide bonds. The Labute approximate surface area is 159 Å². The fraction of sp³-hybridized carbons (Fsp3) is 0.333. The van der Waals surface area contributed by atoms with Crippen LogP contribution in [-0.4, -0.2) is 24.1 Å². The predicted molar refractivity (Wildman–Crippen MR) is 108 cm³/mol. The van der Waals surface area contributed by atoms with E-state index in [-0.39, 0.29) is 11.7 Å². The van der Waals surface area contributed by atoms with Crippen molar-refractivity contribution in [1.82, 2.24) is 0 Å². The van der Waals surface area contributed by atoms with Crippen LogP contribution < -0.4 is 10.1 Å². The van der Waals surface area contributed by atoms with Crippen molar-refractivity contribution in [3.05, 3.63) is 59.2 Å². The lowest BCUT2D eigenvalue weighted by atomic mass is 10.1. The molecule has 2 rings (SSSR count). The quantitative estimate of drug-likeness (QED) is 0.648. The van der Waals surface area contributed by atoms with E-state index in [9.17, 15) is 9.59 Å². The molecule has 138 valence electrons. The van der Waals surface area contributed by atoms with Crippen molar-refractivity contribution in [3.63, 3.8) is 0 Å². The molecule has 0 saturated heterocycles. The van der Waals surface area contributed by atoms with Crippen molar-refractivity contribution in [2.75, 3.05) is 17.7 Å². The number of hydrogen-bond donors (Lipinski definition) is 1. The molecule has 0 radical (unpaired) electrons. The zero-order valence-corrected chi connectivity index (χ0v) is 16.3. The third-order valence-electron chi connectivity index (χ3n) is 3.88. The number of ether oxygens (including phenoxy) is 1. The zero-order valence-electron chi connectivity index (χ0n) is 15.5. The first-order chi connectivity index (χ1) is 12.5. The van der Waals surface area contributed by atoms with E-state index in [0.29, 0.717) is 23.7 Å². The lowest BCUT2D eigenvalue weighted by Gasteiger charge is -2.11. The van der Waals surface area contributed by atoms with Crippen LogP contribution >= 0.6 is 11.8 Å². The number of amides is 1. The van der Waals surface area contributed by atoms with Gasteiger partial charge in [0.15, 0.2) is 5.78 Å². The molecular formula is C21H25NO3S. The Balaban J connectivity index is 1.94. The maximum absolute atomic E-state index is 12.2. The number of carbonyl (C=O) groups is 2. The Morgan fingerprint density at radius 3 is 2.62 bits per heavy atom. The maximum atomic E-state index is 12.2. The zero-order chi connectivity index (χ0) is 18.9. The van der Waals surface area contributed by atoms with E-state index in [0.717, 1.165) is 23.4 Å².